The predicted molar refractivity (Wildman–Crippen MR) is 71.9 cm³/mol. The summed E-state index contributed by atoms with van der Waals surface area (Å²) in [4.78, 5) is 25.1. The average Bonchev–Trinajstić information content (AvgIpc) is 2.39. The lowest BCUT2D eigenvalue weighted by atomic mass is 9.86. The van der Waals surface area contributed by atoms with Gasteiger partial charge in [0.05, 0.1) is 5.92 Å². The molecule has 2 rings (SSSR count). The fourth-order valence-electron chi connectivity index (χ4n) is 3.20. The highest BCUT2D eigenvalue weighted by molar-refractivity contribution is 5.75. The SMILES string of the molecule is CC1CCCCN1C(=O)NC1CCCC(C(=O)O)C1. The van der Waals surface area contributed by atoms with Crippen LogP contribution < -0.4 is 5.32 Å². The van der Waals surface area contributed by atoms with Crippen LogP contribution in [-0.4, -0.2) is 40.6 Å². The molecule has 0 aromatic carbocycles. The number of hydrogen-bond acceptors (Lipinski definition) is 2. The fraction of sp³-hybridized carbons (Fsp3) is 0.857. The van der Waals surface area contributed by atoms with Crippen molar-refractivity contribution in [3.8, 4) is 0 Å². The Morgan fingerprint density at radius 2 is 1.95 bits per heavy atom. The van der Waals surface area contributed by atoms with Crippen molar-refractivity contribution in [3.05, 3.63) is 0 Å². The minimum Gasteiger partial charge on any atom is -0.481 e. The van der Waals surface area contributed by atoms with Crippen LogP contribution in [0.3, 0.4) is 0 Å². The Kier molecular flexibility index (Phi) is 4.66. The molecule has 5 heteroatoms. The molecule has 0 radical (unpaired) electrons. The summed E-state index contributed by atoms with van der Waals surface area (Å²) >= 11 is 0. The number of urea groups is 1. The molecule has 3 unspecified atom stereocenters. The highest BCUT2D eigenvalue weighted by Crippen LogP contribution is 2.25. The van der Waals surface area contributed by atoms with E-state index in [2.05, 4.69) is 12.2 Å². The Morgan fingerprint density at radius 1 is 1.16 bits per heavy atom. The van der Waals surface area contributed by atoms with E-state index in [9.17, 15) is 9.59 Å². The second-order valence-electron chi connectivity index (χ2n) is 5.89. The number of carbonyl (C=O) groups excluding carboxylic acids is 1. The van der Waals surface area contributed by atoms with Gasteiger partial charge in [-0.15, -0.1) is 0 Å². The molecule has 1 aliphatic carbocycles. The van der Waals surface area contributed by atoms with Crippen molar-refractivity contribution < 1.29 is 14.7 Å². The van der Waals surface area contributed by atoms with E-state index in [1.165, 1.54) is 6.42 Å². The Labute approximate surface area is 114 Å². The van der Waals surface area contributed by atoms with Gasteiger partial charge in [0.25, 0.3) is 0 Å². The van der Waals surface area contributed by atoms with E-state index in [4.69, 9.17) is 5.11 Å². The first kappa shape index (κ1) is 14.2. The van der Waals surface area contributed by atoms with Crippen LogP contribution in [0, 0.1) is 5.92 Å². The molecule has 0 bridgehead atoms. The Balaban J connectivity index is 1.86. The molecule has 5 nitrogen and oxygen atoms in total. The van der Waals surface area contributed by atoms with E-state index >= 15 is 0 Å². The molecule has 1 aliphatic heterocycles. The van der Waals surface area contributed by atoms with Gasteiger partial charge >= 0.3 is 12.0 Å². The molecule has 108 valence electrons. The van der Waals surface area contributed by atoms with Crippen LogP contribution in [0.15, 0.2) is 0 Å². The van der Waals surface area contributed by atoms with Crippen LogP contribution in [0.5, 0.6) is 0 Å². The van der Waals surface area contributed by atoms with E-state index in [-0.39, 0.29) is 18.0 Å². The summed E-state index contributed by atoms with van der Waals surface area (Å²) in [7, 11) is 0. The van der Waals surface area contributed by atoms with Crippen molar-refractivity contribution in [1.82, 2.24) is 10.2 Å². The fourth-order valence-corrected chi connectivity index (χ4v) is 3.20. The summed E-state index contributed by atoms with van der Waals surface area (Å²) in [5.74, 6) is -1.02. The van der Waals surface area contributed by atoms with Gasteiger partial charge in [0.15, 0.2) is 0 Å². The Morgan fingerprint density at radius 3 is 2.63 bits per heavy atom. The quantitative estimate of drug-likeness (QED) is 0.806. The molecule has 2 aliphatic rings. The molecule has 1 heterocycles. The van der Waals surface area contributed by atoms with Gasteiger partial charge in [0.1, 0.15) is 0 Å². The van der Waals surface area contributed by atoms with Crippen LogP contribution in [0.4, 0.5) is 4.79 Å². The molecular formula is C14H24N2O3. The summed E-state index contributed by atoms with van der Waals surface area (Å²) < 4.78 is 0. The summed E-state index contributed by atoms with van der Waals surface area (Å²) in [6, 6.07) is 0.312. The van der Waals surface area contributed by atoms with Gasteiger partial charge in [-0.3, -0.25) is 4.79 Å². The number of piperidine rings is 1. The van der Waals surface area contributed by atoms with Crippen molar-refractivity contribution in [2.75, 3.05) is 6.54 Å². The monoisotopic (exact) mass is 268 g/mol. The van der Waals surface area contributed by atoms with Crippen LogP contribution >= 0.6 is 0 Å². The van der Waals surface area contributed by atoms with Crippen molar-refractivity contribution in [2.45, 2.75) is 64.0 Å². The summed E-state index contributed by atoms with van der Waals surface area (Å²) in [5.41, 5.74) is 0. The maximum atomic E-state index is 12.2. The van der Waals surface area contributed by atoms with Crippen LogP contribution in [0.2, 0.25) is 0 Å². The van der Waals surface area contributed by atoms with Gasteiger partial charge in [-0.25, -0.2) is 4.79 Å². The normalized spacial score (nSPS) is 31.8. The van der Waals surface area contributed by atoms with E-state index < -0.39 is 5.97 Å². The third-order valence-corrected chi connectivity index (χ3v) is 4.41. The maximum Gasteiger partial charge on any atom is 0.317 e. The topological polar surface area (TPSA) is 69.6 Å². The van der Waals surface area contributed by atoms with Crippen molar-refractivity contribution in [2.24, 2.45) is 5.92 Å². The number of nitrogens with zero attached hydrogens (tertiary/aromatic N) is 1. The lowest BCUT2D eigenvalue weighted by Gasteiger charge is -2.36. The zero-order chi connectivity index (χ0) is 13.8. The van der Waals surface area contributed by atoms with Crippen molar-refractivity contribution in [3.63, 3.8) is 0 Å². The number of nitrogens with one attached hydrogen (secondary N) is 1. The van der Waals surface area contributed by atoms with E-state index in [1.807, 2.05) is 4.90 Å². The molecule has 3 atom stereocenters. The smallest absolute Gasteiger partial charge is 0.317 e. The number of hydrogen-bond donors (Lipinski definition) is 2. The molecule has 19 heavy (non-hydrogen) atoms. The molecule has 0 aromatic rings. The predicted octanol–water partition coefficient (Wildman–Crippen LogP) is 2.21. The summed E-state index contributed by atoms with van der Waals surface area (Å²) in [6.07, 6.45) is 6.42. The Hall–Kier alpha value is -1.26. The molecular weight excluding hydrogens is 244 g/mol. The molecule has 0 aromatic heterocycles. The molecule has 1 saturated heterocycles. The van der Waals surface area contributed by atoms with Gasteiger partial charge in [-0.05, 0) is 45.4 Å². The molecule has 2 N–H and O–H groups in total. The zero-order valence-electron chi connectivity index (χ0n) is 11.6. The third kappa shape index (κ3) is 3.61. The second kappa shape index (κ2) is 6.26. The average molecular weight is 268 g/mol. The summed E-state index contributed by atoms with van der Waals surface area (Å²) in [5, 5.41) is 12.1. The largest absolute Gasteiger partial charge is 0.481 e. The molecule has 0 spiro atoms. The standard InChI is InChI=1S/C14H24N2O3/c1-10-5-2-3-8-16(10)14(19)15-12-7-4-6-11(9-12)13(17)18/h10-12H,2-9H2,1H3,(H,15,19)(H,17,18). The minimum atomic E-state index is -0.731. The third-order valence-electron chi connectivity index (χ3n) is 4.41. The van der Waals surface area contributed by atoms with Crippen LogP contribution in [0.25, 0.3) is 0 Å². The number of carboxylic acids is 1. The first-order valence-corrected chi connectivity index (χ1v) is 7.38. The summed E-state index contributed by atoms with van der Waals surface area (Å²) in [6.45, 7) is 2.90. The molecule has 2 fully saturated rings. The number of carboxylic acid groups (broad SMARTS) is 1. The van der Waals surface area contributed by atoms with E-state index in [1.54, 1.807) is 0 Å². The van der Waals surface area contributed by atoms with Crippen LogP contribution in [-0.2, 0) is 4.79 Å². The Bertz CT molecular complexity index is 346. The lowest BCUT2D eigenvalue weighted by Crippen LogP contribution is -2.51. The van der Waals surface area contributed by atoms with E-state index in [0.29, 0.717) is 12.5 Å². The number of likely N-dealkylation sites (tertiary alicyclic amines) is 1. The van der Waals surface area contributed by atoms with E-state index in [0.717, 1.165) is 38.6 Å². The first-order chi connectivity index (χ1) is 9.08. The highest BCUT2D eigenvalue weighted by atomic mass is 16.4. The van der Waals surface area contributed by atoms with Crippen molar-refractivity contribution in [1.29, 1.82) is 0 Å². The number of aliphatic carboxylic acids is 1. The molecule has 2 amide bonds. The van der Waals surface area contributed by atoms with Gasteiger partial charge in [0.2, 0.25) is 0 Å². The minimum absolute atomic E-state index is 0.0109. The van der Waals surface area contributed by atoms with Crippen LogP contribution in [0.1, 0.15) is 51.9 Å². The number of amides is 2. The second-order valence-corrected chi connectivity index (χ2v) is 5.89. The number of rotatable bonds is 2. The maximum absolute atomic E-state index is 12.2. The van der Waals surface area contributed by atoms with Gasteiger partial charge < -0.3 is 15.3 Å². The van der Waals surface area contributed by atoms with Crippen molar-refractivity contribution >= 4 is 12.0 Å². The lowest BCUT2D eigenvalue weighted by molar-refractivity contribution is -0.143. The molecule has 1 saturated carbocycles. The zero-order valence-corrected chi connectivity index (χ0v) is 11.6. The van der Waals surface area contributed by atoms with Gasteiger partial charge in [-0.2, -0.15) is 0 Å². The van der Waals surface area contributed by atoms with Gasteiger partial charge in [-0.1, -0.05) is 6.42 Å². The number of carbonyl (C=O) groups is 2. The highest BCUT2D eigenvalue weighted by Gasteiger charge is 2.30. The van der Waals surface area contributed by atoms with Gasteiger partial charge in [0, 0.05) is 18.6 Å². The first-order valence-electron chi connectivity index (χ1n) is 7.38.